The molecule has 1 amide bonds. The average Bonchev–Trinajstić information content (AvgIpc) is 2.37. The van der Waals surface area contributed by atoms with Gasteiger partial charge in [0.1, 0.15) is 11.6 Å². The second kappa shape index (κ2) is 5.16. The SMILES string of the molecule is Nc1c(F)cccc1C(=O)Nc1ccc(O)c(Cl)c1. The Morgan fingerprint density at radius 2 is 2.05 bits per heavy atom. The molecule has 0 aliphatic carbocycles. The summed E-state index contributed by atoms with van der Waals surface area (Å²) in [5.74, 6) is -1.31. The lowest BCUT2D eigenvalue weighted by atomic mass is 10.1. The van der Waals surface area contributed by atoms with Gasteiger partial charge in [-0.1, -0.05) is 17.7 Å². The minimum absolute atomic E-state index is 0.0317. The van der Waals surface area contributed by atoms with Crippen LogP contribution in [-0.2, 0) is 0 Å². The predicted octanol–water partition coefficient (Wildman–Crippen LogP) is 3.02. The molecule has 0 unspecified atom stereocenters. The second-order valence-electron chi connectivity index (χ2n) is 3.82. The Morgan fingerprint density at radius 3 is 2.74 bits per heavy atom. The molecule has 98 valence electrons. The molecule has 0 aromatic heterocycles. The first kappa shape index (κ1) is 13.2. The zero-order valence-electron chi connectivity index (χ0n) is 9.65. The van der Waals surface area contributed by atoms with E-state index in [2.05, 4.69) is 5.32 Å². The molecule has 0 bridgehead atoms. The molecule has 0 saturated carbocycles. The molecular formula is C13H10ClFN2O2. The van der Waals surface area contributed by atoms with Gasteiger partial charge in [-0.15, -0.1) is 0 Å². The van der Waals surface area contributed by atoms with Gasteiger partial charge in [0.05, 0.1) is 16.3 Å². The summed E-state index contributed by atoms with van der Waals surface area (Å²) in [7, 11) is 0. The Kier molecular flexibility index (Phi) is 3.57. The number of hydrogen-bond donors (Lipinski definition) is 3. The highest BCUT2D eigenvalue weighted by Crippen LogP contribution is 2.26. The molecule has 0 spiro atoms. The smallest absolute Gasteiger partial charge is 0.257 e. The first-order valence-corrected chi connectivity index (χ1v) is 5.70. The van der Waals surface area contributed by atoms with Crippen LogP contribution in [0, 0.1) is 5.82 Å². The maximum atomic E-state index is 13.2. The monoisotopic (exact) mass is 280 g/mol. The van der Waals surface area contributed by atoms with E-state index in [1.807, 2.05) is 0 Å². The van der Waals surface area contributed by atoms with Crippen LogP contribution in [0.5, 0.6) is 5.75 Å². The Morgan fingerprint density at radius 1 is 1.32 bits per heavy atom. The van der Waals surface area contributed by atoms with Crippen LogP contribution in [0.4, 0.5) is 15.8 Å². The number of rotatable bonds is 2. The van der Waals surface area contributed by atoms with Crippen LogP contribution in [0.2, 0.25) is 5.02 Å². The van der Waals surface area contributed by atoms with Crippen molar-refractivity contribution in [2.75, 3.05) is 11.1 Å². The number of nitrogens with one attached hydrogen (secondary N) is 1. The highest BCUT2D eigenvalue weighted by molar-refractivity contribution is 6.32. The molecule has 19 heavy (non-hydrogen) atoms. The molecule has 0 heterocycles. The highest BCUT2D eigenvalue weighted by Gasteiger charge is 2.13. The van der Waals surface area contributed by atoms with Crippen LogP contribution >= 0.6 is 11.6 Å². The first-order valence-electron chi connectivity index (χ1n) is 5.33. The normalized spacial score (nSPS) is 10.2. The van der Waals surface area contributed by atoms with Gasteiger partial charge in [-0.05, 0) is 30.3 Å². The Hall–Kier alpha value is -2.27. The van der Waals surface area contributed by atoms with Gasteiger partial charge in [-0.25, -0.2) is 4.39 Å². The van der Waals surface area contributed by atoms with E-state index in [4.69, 9.17) is 17.3 Å². The number of carbonyl (C=O) groups excluding carboxylic acids is 1. The molecule has 0 saturated heterocycles. The summed E-state index contributed by atoms with van der Waals surface area (Å²) < 4.78 is 13.2. The number of nitrogen functional groups attached to an aromatic ring is 1. The van der Waals surface area contributed by atoms with Crippen molar-refractivity contribution in [3.8, 4) is 5.75 Å². The molecule has 0 aliphatic rings. The van der Waals surface area contributed by atoms with E-state index in [9.17, 15) is 14.3 Å². The van der Waals surface area contributed by atoms with Crippen LogP contribution in [-0.4, -0.2) is 11.0 Å². The molecule has 2 aromatic rings. The first-order chi connectivity index (χ1) is 8.99. The van der Waals surface area contributed by atoms with Crippen LogP contribution in [0.25, 0.3) is 0 Å². The number of carbonyl (C=O) groups is 1. The van der Waals surface area contributed by atoms with Crippen molar-refractivity contribution in [3.05, 3.63) is 52.8 Å². The number of phenols is 1. The summed E-state index contributed by atoms with van der Waals surface area (Å²) in [6.45, 7) is 0. The van der Waals surface area contributed by atoms with E-state index in [0.717, 1.165) is 0 Å². The third-order valence-electron chi connectivity index (χ3n) is 2.50. The fourth-order valence-electron chi connectivity index (χ4n) is 1.52. The summed E-state index contributed by atoms with van der Waals surface area (Å²) in [6.07, 6.45) is 0. The molecule has 4 nitrogen and oxygen atoms in total. The molecule has 6 heteroatoms. The molecule has 0 aliphatic heterocycles. The number of para-hydroxylation sites is 1. The zero-order valence-corrected chi connectivity index (χ0v) is 10.4. The van der Waals surface area contributed by atoms with Gasteiger partial charge in [0, 0.05) is 5.69 Å². The van der Waals surface area contributed by atoms with E-state index >= 15 is 0 Å². The van der Waals surface area contributed by atoms with E-state index in [0.29, 0.717) is 5.69 Å². The summed E-state index contributed by atoms with van der Waals surface area (Å²) in [6, 6.07) is 8.16. The van der Waals surface area contributed by atoms with Crippen LogP contribution < -0.4 is 11.1 Å². The van der Waals surface area contributed by atoms with Gasteiger partial charge in [0.2, 0.25) is 0 Å². The molecule has 4 N–H and O–H groups in total. The minimum Gasteiger partial charge on any atom is -0.506 e. The summed E-state index contributed by atoms with van der Waals surface area (Å²) >= 11 is 5.71. The van der Waals surface area contributed by atoms with Crippen molar-refractivity contribution in [3.63, 3.8) is 0 Å². The fraction of sp³-hybridized carbons (Fsp3) is 0. The fourth-order valence-corrected chi connectivity index (χ4v) is 1.70. The molecule has 0 radical (unpaired) electrons. The number of aromatic hydroxyl groups is 1. The van der Waals surface area contributed by atoms with Gasteiger partial charge in [-0.2, -0.15) is 0 Å². The third-order valence-corrected chi connectivity index (χ3v) is 2.81. The van der Waals surface area contributed by atoms with Crippen molar-refractivity contribution < 1.29 is 14.3 Å². The van der Waals surface area contributed by atoms with E-state index in [-0.39, 0.29) is 22.0 Å². The Labute approximate surface area is 113 Å². The van der Waals surface area contributed by atoms with Crippen LogP contribution in [0.1, 0.15) is 10.4 Å². The summed E-state index contributed by atoms with van der Waals surface area (Å²) in [5.41, 5.74) is 5.67. The van der Waals surface area contributed by atoms with Gasteiger partial charge in [-0.3, -0.25) is 4.79 Å². The lowest BCUT2D eigenvalue weighted by Crippen LogP contribution is -2.14. The molecular weight excluding hydrogens is 271 g/mol. The van der Waals surface area contributed by atoms with Crippen LogP contribution in [0.15, 0.2) is 36.4 Å². The second-order valence-corrected chi connectivity index (χ2v) is 4.23. The number of hydrogen-bond acceptors (Lipinski definition) is 3. The highest BCUT2D eigenvalue weighted by atomic mass is 35.5. The number of anilines is 2. The largest absolute Gasteiger partial charge is 0.506 e. The minimum atomic E-state index is -0.656. The predicted molar refractivity (Wildman–Crippen MR) is 71.9 cm³/mol. The Balaban J connectivity index is 2.26. The quantitative estimate of drug-likeness (QED) is 0.585. The van der Waals surface area contributed by atoms with Crippen molar-refractivity contribution >= 4 is 28.9 Å². The molecule has 2 aromatic carbocycles. The number of nitrogens with two attached hydrogens (primary N) is 1. The van der Waals surface area contributed by atoms with Crippen molar-refractivity contribution in [1.82, 2.24) is 0 Å². The Bertz CT molecular complexity index is 647. The van der Waals surface area contributed by atoms with E-state index in [1.54, 1.807) is 0 Å². The molecule has 0 fully saturated rings. The standard InChI is InChI=1S/C13H10ClFN2O2/c14-9-6-7(4-5-11(9)18)17-13(19)8-2-1-3-10(15)12(8)16/h1-6,18H,16H2,(H,17,19). The lowest BCUT2D eigenvalue weighted by molar-refractivity contribution is 0.102. The maximum absolute atomic E-state index is 13.2. The lowest BCUT2D eigenvalue weighted by Gasteiger charge is -2.08. The topological polar surface area (TPSA) is 75.4 Å². The number of halogens is 2. The number of amides is 1. The third kappa shape index (κ3) is 2.77. The van der Waals surface area contributed by atoms with Crippen LogP contribution in [0.3, 0.4) is 0 Å². The van der Waals surface area contributed by atoms with Gasteiger partial charge in [0.25, 0.3) is 5.91 Å². The van der Waals surface area contributed by atoms with E-state index in [1.165, 1.54) is 36.4 Å². The number of benzene rings is 2. The molecule has 0 atom stereocenters. The van der Waals surface area contributed by atoms with E-state index < -0.39 is 11.7 Å². The number of phenolic OH excluding ortho intramolecular Hbond substituents is 1. The summed E-state index contributed by atoms with van der Waals surface area (Å²) in [4.78, 5) is 11.9. The maximum Gasteiger partial charge on any atom is 0.257 e. The van der Waals surface area contributed by atoms with Gasteiger partial charge in [0.15, 0.2) is 0 Å². The van der Waals surface area contributed by atoms with Crippen molar-refractivity contribution in [2.24, 2.45) is 0 Å². The van der Waals surface area contributed by atoms with Gasteiger partial charge < -0.3 is 16.2 Å². The van der Waals surface area contributed by atoms with Crippen molar-refractivity contribution in [2.45, 2.75) is 0 Å². The summed E-state index contributed by atoms with van der Waals surface area (Å²) in [5, 5.41) is 11.9. The zero-order chi connectivity index (χ0) is 14.0. The van der Waals surface area contributed by atoms with Gasteiger partial charge >= 0.3 is 0 Å². The molecule has 2 rings (SSSR count). The van der Waals surface area contributed by atoms with Crippen molar-refractivity contribution in [1.29, 1.82) is 0 Å². The average molecular weight is 281 g/mol.